The smallest absolute Gasteiger partial charge is 0.121 e. The van der Waals surface area contributed by atoms with Crippen molar-refractivity contribution in [3.8, 4) is 5.75 Å². The molecule has 2 aromatic rings. The summed E-state index contributed by atoms with van der Waals surface area (Å²) in [7, 11) is 0. The lowest BCUT2D eigenvalue weighted by Crippen LogP contribution is -1.83. The first-order valence-electron chi connectivity index (χ1n) is 5.97. The van der Waals surface area contributed by atoms with E-state index < -0.39 is 0 Å². The largest absolute Gasteiger partial charge is 0.507 e. The highest BCUT2D eigenvalue weighted by molar-refractivity contribution is 5.70. The van der Waals surface area contributed by atoms with Crippen molar-refractivity contribution in [1.82, 2.24) is 4.98 Å². The Morgan fingerprint density at radius 2 is 1.56 bits per heavy atom. The van der Waals surface area contributed by atoms with Crippen molar-refractivity contribution >= 4 is 12.2 Å². The Morgan fingerprint density at radius 1 is 0.944 bits per heavy atom. The Bertz CT molecular complexity index is 577. The molecule has 0 aliphatic heterocycles. The van der Waals surface area contributed by atoms with Crippen LogP contribution in [0.4, 0.5) is 0 Å². The normalized spacial score (nSPS) is 11.1. The number of hydrogen-bond acceptors (Lipinski definition) is 2. The molecule has 1 heterocycles. The number of pyridine rings is 1. The van der Waals surface area contributed by atoms with Gasteiger partial charge in [-0.15, -0.1) is 0 Å². The van der Waals surface area contributed by atoms with Crippen molar-refractivity contribution in [3.05, 3.63) is 58.4 Å². The summed E-state index contributed by atoms with van der Waals surface area (Å²) >= 11 is 0. The van der Waals surface area contributed by atoms with Crippen molar-refractivity contribution < 1.29 is 5.11 Å². The molecule has 18 heavy (non-hydrogen) atoms. The van der Waals surface area contributed by atoms with Gasteiger partial charge in [0.1, 0.15) is 5.75 Å². The predicted octanol–water partition coefficient (Wildman–Crippen LogP) is 3.88. The molecule has 1 aromatic heterocycles. The minimum atomic E-state index is 0.381. The summed E-state index contributed by atoms with van der Waals surface area (Å²) in [4.78, 5) is 4.17. The highest BCUT2D eigenvalue weighted by Crippen LogP contribution is 2.23. The van der Waals surface area contributed by atoms with Gasteiger partial charge in [0.25, 0.3) is 0 Å². The first-order valence-corrected chi connectivity index (χ1v) is 5.97. The number of rotatable bonds is 2. The van der Waals surface area contributed by atoms with Crippen molar-refractivity contribution in [2.45, 2.75) is 20.8 Å². The summed E-state index contributed by atoms with van der Waals surface area (Å²) in [5, 5.41) is 9.72. The Labute approximate surface area is 108 Å². The minimum absolute atomic E-state index is 0.381. The first kappa shape index (κ1) is 12.4. The lowest BCUT2D eigenvalue weighted by atomic mass is 10.0. The second-order valence-electron chi connectivity index (χ2n) is 4.57. The van der Waals surface area contributed by atoms with Crippen LogP contribution in [0.5, 0.6) is 5.75 Å². The molecule has 0 atom stereocenters. The summed E-state index contributed by atoms with van der Waals surface area (Å²) in [6.45, 7) is 5.80. The summed E-state index contributed by atoms with van der Waals surface area (Å²) in [5.41, 5.74) is 5.04. The van der Waals surface area contributed by atoms with Crippen LogP contribution < -0.4 is 0 Å². The van der Waals surface area contributed by atoms with Crippen LogP contribution in [-0.4, -0.2) is 10.1 Å². The summed E-state index contributed by atoms with van der Waals surface area (Å²) < 4.78 is 0. The fraction of sp³-hybridized carbons (Fsp3) is 0.188. The Morgan fingerprint density at radius 3 is 2.17 bits per heavy atom. The topological polar surface area (TPSA) is 33.1 Å². The maximum absolute atomic E-state index is 9.72. The van der Waals surface area contributed by atoms with E-state index >= 15 is 0 Å². The van der Waals surface area contributed by atoms with Gasteiger partial charge in [0.15, 0.2) is 0 Å². The van der Waals surface area contributed by atoms with Gasteiger partial charge in [-0.1, -0.05) is 12.2 Å². The monoisotopic (exact) mass is 239 g/mol. The van der Waals surface area contributed by atoms with Crippen LogP contribution in [0.15, 0.2) is 30.5 Å². The highest BCUT2D eigenvalue weighted by Gasteiger charge is 2.01. The van der Waals surface area contributed by atoms with Crippen molar-refractivity contribution in [2.24, 2.45) is 0 Å². The third kappa shape index (κ3) is 2.77. The van der Waals surface area contributed by atoms with Gasteiger partial charge in [-0.3, -0.25) is 4.98 Å². The molecule has 2 nitrogen and oxygen atoms in total. The number of aromatic hydroxyl groups is 1. The summed E-state index contributed by atoms with van der Waals surface area (Å²) in [6.07, 6.45) is 5.91. The van der Waals surface area contributed by atoms with E-state index in [1.54, 1.807) is 0 Å². The number of phenolic OH excluding ortho intramolecular Hbond substituents is 1. The zero-order chi connectivity index (χ0) is 13.1. The Balaban J connectivity index is 2.29. The molecule has 2 heteroatoms. The second kappa shape index (κ2) is 5.05. The van der Waals surface area contributed by atoms with Gasteiger partial charge in [0.05, 0.1) is 0 Å². The van der Waals surface area contributed by atoms with Gasteiger partial charge < -0.3 is 5.11 Å². The van der Waals surface area contributed by atoms with E-state index in [-0.39, 0.29) is 0 Å². The lowest BCUT2D eigenvalue weighted by molar-refractivity contribution is 0.467. The van der Waals surface area contributed by atoms with Crippen LogP contribution in [0.2, 0.25) is 0 Å². The molecule has 1 N–H and O–H groups in total. The maximum Gasteiger partial charge on any atom is 0.121 e. The van der Waals surface area contributed by atoms with Crippen LogP contribution in [0, 0.1) is 20.8 Å². The van der Waals surface area contributed by atoms with E-state index in [0.717, 1.165) is 27.9 Å². The van der Waals surface area contributed by atoms with Crippen LogP contribution in [-0.2, 0) is 0 Å². The number of aromatic nitrogens is 1. The summed E-state index contributed by atoms with van der Waals surface area (Å²) in [5.74, 6) is 0.381. The second-order valence-corrected chi connectivity index (χ2v) is 4.57. The molecule has 2 rings (SSSR count). The fourth-order valence-electron chi connectivity index (χ4n) is 1.95. The van der Waals surface area contributed by atoms with Crippen LogP contribution in [0.1, 0.15) is 27.9 Å². The van der Waals surface area contributed by atoms with Crippen LogP contribution >= 0.6 is 0 Å². The average molecular weight is 239 g/mol. The molecule has 1 aromatic carbocycles. The molecule has 92 valence electrons. The molecule has 0 aliphatic carbocycles. The maximum atomic E-state index is 9.72. The molecule has 0 bridgehead atoms. The number of aryl methyl sites for hydroxylation is 3. The molecule has 0 spiro atoms. The molecule has 0 saturated heterocycles. The minimum Gasteiger partial charge on any atom is -0.507 e. The van der Waals surface area contributed by atoms with E-state index in [2.05, 4.69) is 11.1 Å². The summed E-state index contributed by atoms with van der Waals surface area (Å²) in [6, 6.07) is 7.97. The van der Waals surface area contributed by atoms with Crippen LogP contribution in [0.3, 0.4) is 0 Å². The predicted molar refractivity (Wildman–Crippen MR) is 75.5 cm³/mol. The van der Waals surface area contributed by atoms with Gasteiger partial charge in [-0.05, 0) is 67.3 Å². The standard InChI is InChI=1S/C16H17NO/c1-11-8-15(9-12(2)16(11)18)5-4-14-6-7-17-13(3)10-14/h4-10,18H,1-3H3. The Hall–Kier alpha value is -2.09. The van der Waals surface area contributed by atoms with Crippen molar-refractivity contribution in [2.75, 3.05) is 0 Å². The number of phenols is 1. The molecule has 0 fully saturated rings. The van der Waals surface area contributed by atoms with Gasteiger partial charge in [0.2, 0.25) is 0 Å². The average Bonchev–Trinajstić information content (AvgIpc) is 2.33. The number of nitrogens with zero attached hydrogens (tertiary/aromatic N) is 1. The molecule has 0 radical (unpaired) electrons. The van der Waals surface area contributed by atoms with E-state index in [9.17, 15) is 5.11 Å². The van der Waals surface area contributed by atoms with Crippen molar-refractivity contribution in [3.63, 3.8) is 0 Å². The van der Waals surface area contributed by atoms with Gasteiger partial charge in [-0.25, -0.2) is 0 Å². The number of benzene rings is 1. The molecule has 0 aliphatic rings. The van der Waals surface area contributed by atoms with Crippen LogP contribution in [0.25, 0.3) is 12.2 Å². The first-order chi connectivity index (χ1) is 8.56. The molecule has 0 amide bonds. The van der Waals surface area contributed by atoms with E-state index in [0.29, 0.717) is 5.75 Å². The SMILES string of the molecule is Cc1cc(C=Cc2cc(C)c(O)c(C)c2)ccn1. The van der Waals surface area contributed by atoms with E-state index in [1.807, 2.05) is 57.3 Å². The third-order valence-electron chi connectivity index (χ3n) is 2.90. The highest BCUT2D eigenvalue weighted by atomic mass is 16.3. The van der Waals surface area contributed by atoms with Crippen molar-refractivity contribution in [1.29, 1.82) is 0 Å². The quantitative estimate of drug-likeness (QED) is 0.862. The zero-order valence-electron chi connectivity index (χ0n) is 10.9. The lowest BCUT2D eigenvalue weighted by Gasteiger charge is -2.04. The Kier molecular flexibility index (Phi) is 3.47. The zero-order valence-corrected chi connectivity index (χ0v) is 10.9. The van der Waals surface area contributed by atoms with E-state index in [4.69, 9.17) is 0 Å². The third-order valence-corrected chi connectivity index (χ3v) is 2.90. The van der Waals surface area contributed by atoms with Gasteiger partial charge in [0, 0.05) is 11.9 Å². The molecule has 0 saturated carbocycles. The van der Waals surface area contributed by atoms with Gasteiger partial charge in [-0.2, -0.15) is 0 Å². The molecule has 0 unspecified atom stereocenters. The van der Waals surface area contributed by atoms with Gasteiger partial charge >= 0.3 is 0 Å². The fourth-order valence-corrected chi connectivity index (χ4v) is 1.95. The number of hydrogen-bond donors (Lipinski definition) is 1. The van der Waals surface area contributed by atoms with E-state index in [1.165, 1.54) is 0 Å². The molecular weight excluding hydrogens is 222 g/mol. The molecular formula is C16H17NO.